The van der Waals surface area contributed by atoms with E-state index < -0.39 is 0 Å². The van der Waals surface area contributed by atoms with Gasteiger partial charge >= 0.3 is 0 Å². The minimum atomic E-state index is 1.01. The number of aryl methyl sites for hydroxylation is 1. The Balaban J connectivity index is 2.35. The summed E-state index contributed by atoms with van der Waals surface area (Å²) < 4.78 is 3.40. The number of nitrogens with zero attached hydrogens (tertiary/aromatic N) is 1. The number of allylic oxidation sites excluding steroid dienone is 1. The molecule has 0 bridgehead atoms. The molecule has 2 rings (SSSR count). The van der Waals surface area contributed by atoms with Gasteiger partial charge in [-0.1, -0.05) is 27.6 Å². The van der Waals surface area contributed by atoms with E-state index in [1.807, 2.05) is 0 Å². The number of hydrogen-bond donors (Lipinski definition) is 0. The molecule has 0 aliphatic rings. The van der Waals surface area contributed by atoms with Gasteiger partial charge in [-0.05, 0) is 36.9 Å². The minimum Gasteiger partial charge on any atom is -0.347 e. The summed E-state index contributed by atoms with van der Waals surface area (Å²) in [6.07, 6.45) is 3.18. The molecule has 15 heavy (non-hydrogen) atoms. The molecule has 0 saturated heterocycles. The lowest BCUT2D eigenvalue weighted by atomic mass is 10.2. The van der Waals surface area contributed by atoms with Crippen molar-refractivity contribution < 1.29 is 0 Å². The zero-order valence-corrected chi connectivity index (χ0v) is 10.4. The van der Waals surface area contributed by atoms with Crippen LogP contribution in [0, 0.1) is 0 Å². The van der Waals surface area contributed by atoms with Crippen LogP contribution in [0.2, 0.25) is 0 Å². The van der Waals surface area contributed by atoms with Gasteiger partial charge in [0.05, 0.1) is 0 Å². The van der Waals surface area contributed by atoms with Crippen LogP contribution in [0.15, 0.2) is 47.1 Å². The summed E-state index contributed by atoms with van der Waals surface area (Å²) in [5, 5.41) is 1.29. The van der Waals surface area contributed by atoms with E-state index in [0.29, 0.717) is 0 Å². The van der Waals surface area contributed by atoms with Crippen LogP contribution in [-0.2, 0) is 6.54 Å². The number of aromatic nitrogens is 1. The van der Waals surface area contributed by atoms with Crippen molar-refractivity contribution in [3.8, 4) is 0 Å². The van der Waals surface area contributed by atoms with Gasteiger partial charge in [-0.15, -0.1) is 6.58 Å². The first-order valence-electron chi connectivity index (χ1n) is 5.05. The van der Waals surface area contributed by atoms with E-state index in [1.54, 1.807) is 0 Å². The standard InChI is InChI=1S/C13H14BrN/c1-10(2)5-7-15-8-6-11-3-4-12(14)9-13(11)15/h3-4,6,8-9H,1,5,7H2,2H3. The SMILES string of the molecule is C=C(C)CCn1ccc2ccc(Br)cc21. The smallest absolute Gasteiger partial charge is 0.0491 e. The van der Waals surface area contributed by atoms with E-state index in [9.17, 15) is 0 Å². The van der Waals surface area contributed by atoms with Gasteiger partial charge in [-0.3, -0.25) is 0 Å². The van der Waals surface area contributed by atoms with Crippen molar-refractivity contribution >= 4 is 26.8 Å². The fraction of sp³-hybridized carbons (Fsp3) is 0.231. The van der Waals surface area contributed by atoms with E-state index in [1.165, 1.54) is 16.5 Å². The molecule has 0 atom stereocenters. The number of halogens is 1. The predicted octanol–water partition coefficient (Wildman–Crippen LogP) is 4.37. The summed E-state index contributed by atoms with van der Waals surface area (Å²) in [5.41, 5.74) is 2.51. The molecule has 0 saturated carbocycles. The molecule has 0 N–H and O–H groups in total. The Morgan fingerprint density at radius 2 is 2.20 bits per heavy atom. The van der Waals surface area contributed by atoms with Gasteiger partial charge < -0.3 is 4.57 Å². The maximum Gasteiger partial charge on any atom is 0.0491 e. The fourth-order valence-electron chi connectivity index (χ4n) is 1.66. The average molecular weight is 264 g/mol. The number of rotatable bonds is 3. The van der Waals surface area contributed by atoms with Crippen LogP contribution in [-0.4, -0.2) is 4.57 Å². The summed E-state index contributed by atoms with van der Waals surface area (Å²) >= 11 is 3.50. The Kier molecular flexibility index (Phi) is 2.96. The van der Waals surface area contributed by atoms with Gasteiger partial charge in [0.1, 0.15) is 0 Å². The van der Waals surface area contributed by atoms with Crippen LogP contribution in [0.3, 0.4) is 0 Å². The second-order valence-electron chi connectivity index (χ2n) is 3.92. The third kappa shape index (κ3) is 2.32. The van der Waals surface area contributed by atoms with Crippen LogP contribution in [0.1, 0.15) is 13.3 Å². The molecule has 1 aromatic heterocycles. The van der Waals surface area contributed by atoms with Crippen molar-refractivity contribution in [2.45, 2.75) is 19.9 Å². The second kappa shape index (κ2) is 4.23. The van der Waals surface area contributed by atoms with Crippen molar-refractivity contribution in [2.24, 2.45) is 0 Å². The van der Waals surface area contributed by atoms with Gasteiger partial charge in [-0.25, -0.2) is 0 Å². The zero-order valence-electron chi connectivity index (χ0n) is 8.83. The average Bonchev–Trinajstić information content (AvgIpc) is 2.57. The maximum atomic E-state index is 3.93. The van der Waals surface area contributed by atoms with E-state index in [-0.39, 0.29) is 0 Å². The topological polar surface area (TPSA) is 4.93 Å². The predicted molar refractivity (Wildman–Crippen MR) is 69.1 cm³/mol. The highest BCUT2D eigenvalue weighted by Gasteiger charge is 2.01. The number of fused-ring (bicyclic) bond motifs is 1. The molecule has 2 heteroatoms. The monoisotopic (exact) mass is 263 g/mol. The fourth-order valence-corrected chi connectivity index (χ4v) is 2.01. The molecule has 1 aromatic carbocycles. The van der Waals surface area contributed by atoms with E-state index >= 15 is 0 Å². The molecule has 0 aliphatic heterocycles. The number of benzene rings is 1. The van der Waals surface area contributed by atoms with Crippen molar-refractivity contribution in [3.63, 3.8) is 0 Å². The lowest BCUT2D eigenvalue weighted by Crippen LogP contribution is -1.95. The lowest BCUT2D eigenvalue weighted by Gasteiger charge is -2.05. The summed E-state index contributed by atoms with van der Waals surface area (Å²) in [7, 11) is 0. The normalized spacial score (nSPS) is 10.8. The Hall–Kier alpha value is -1.02. The van der Waals surface area contributed by atoms with Crippen LogP contribution >= 0.6 is 15.9 Å². The van der Waals surface area contributed by atoms with Crippen LogP contribution in [0.4, 0.5) is 0 Å². The van der Waals surface area contributed by atoms with Crippen LogP contribution < -0.4 is 0 Å². The molecule has 0 unspecified atom stereocenters. The highest BCUT2D eigenvalue weighted by molar-refractivity contribution is 9.10. The maximum absolute atomic E-state index is 3.93. The number of hydrogen-bond acceptors (Lipinski definition) is 0. The lowest BCUT2D eigenvalue weighted by molar-refractivity contribution is 0.719. The van der Waals surface area contributed by atoms with Gasteiger partial charge in [0.25, 0.3) is 0 Å². The molecule has 0 spiro atoms. The molecule has 0 radical (unpaired) electrons. The zero-order chi connectivity index (χ0) is 10.8. The third-order valence-corrected chi connectivity index (χ3v) is 3.01. The minimum absolute atomic E-state index is 1.01. The molecular formula is C13H14BrN. The highest BCUT2D eigenvalue weighted by Crippen LogP contribution is 2.21. The second-order valence-corrected chi connectivity index (χ2v) is 4.84. The molecule has 0 fully saturated rings. The molecule has 2 aromatic rings. The van der Waals surface area contributed by atoms with Crippen molar-refractivity contribution in [1.82, 2.24) is 4.57 Å². The molecular weight excluding hydrogens is 250 g/mol. The largest absolute Gasteiger partial charge is 0.347 e. The van der Waals surface area contributed by atoms with Crippen molar-refractivity contribution in [3.05, 3.63) is 47.1 Å². The third-order valence-electron chi connectivity index (χ3n) is 2.52. The summed E-state index contributed by atoms with van der Waals surface area (Å²) in [4.78, 5) is 0. The quantitative estimate of drug-likeness (QED) is 0.725. The van der Waals surface area contributed by atoms with E-state index in [0.717, 1.165) is 17.4 Å². The molecule has 78 valence electrons. The Labute approximate surface area is 98.5 Å². The Morgan fingerprint density at radius 3 is 2.93 bits per heavy atom. The van der Waals surface area contributed by atoms with E-state index in [4.69, 9.17) is 0 Å². The van der Waals surface area contributed by atoms with Crippen molar-refractivity contribution in [1.29, 1.82) is 0 Å². The van der Waals surface area contributed by atoms with Crippen LogP contribution in [0.5, 0.6) is 0 Å². The molecule has 1 nitrogen and oxygen atoms in total. The Bertz CT molecular complexity index is 496. The molecule has 0 amide bonds. The van der Waals surface area contributed by atoms with Crippen molar-refractivity contribution in [2.75, 3.05) is 0 Å². The summed E-state index contributed by atoms with van der Waals surface area (Å²) in [5.74, 6) is 0. The van der Waals surface area contributed by atoms with Gasteiger partial charge in [0.15, 0.2) is 0 Å². The van der Waals surface area contributed by atoms with Crippen LogP contribution in [0.25, 0.3) is 10.9 Å². The van der Waals surface area contributed by atoms with Gasteiger partial charge in [0.2, 0.25) is 0 Å². The van der Waals surface area contributed by atoms with Gasteiger partial charge in [-0.2, -0.15) is 0 Å². The summed E-state index contributed by atoms with van der Waals surface area (Å²) in [6, 6.07) is 8.52. The van der Waals surface area contributed by atoms with Gasteiger partial charge in [0, 0.05) is 22.7 Å². The first kappa shape index (κ1) is 10.5. The van der Waals surface area contributed by atoms with E-state index in [2.05, 4.69) is 64.5 Å². The highest BCUT2D eigenvalue weighted by atomic mass is 79.9. The Morgan fingerprint density at radius 1 is 1.40 bits per heavy atom. The molecule has 1 heterocycles. The summed E-state index contributed by atoms with van der Waals surface area (Å²) in [6.45, 7) is 7.01. The first-order chi connectivity index (χ1) is 7.16. The first-order valence-corrected chi connectivity index (χ1v) is 5.85. The molecule has 0 aliphatic carbocycles.